The highest BCUT2D eigenvalue weighted by molar-refractivity contribution is 5.87. The summed E-state index contributed by atoms with van der Waals surface area (Å²) >= 11 is 0. The zero-order chi connectivity index (χ0) is 21.2. The molecular formula is C22H23F2NO4. The maximum absolute atomic E-state index is 13.1. The number of fused-ring (bicyclic) bond motifs is 1. The third kappa shape index (κ3) is 4.56. The van der Waals surface area contributed by atoms with E-state index in [-0.39, 0.29) is 24.3 Å². The number of aliphatic hydroxyl groups excluding tert-OH is 1. The molecule has 1 amide bonds. The van der Waals surface area contributed by atoms with Crippen molar-refractivity contribution >= 4 is 5.91 Å². The lowest BCUT2D eigenvalue weighted by Crippen LogP contribution is -2.25. The summed E-state index contributed by atoms with van der Waals surface area (Å²) in [6.07, 6.45) is -1.44. The Labute approximate surface area is 168 Å². The smallest absolute Gasteiger partial charge is 0.394 e. The molecule has 1 aliphatic rings. The molecule has 154 valence electrons. The van der Waals surface area contributed by atoms with Crippen LogP contribution in [-0.2, 0) is 17.8 Å². The van der Waals surface area contributed by atoms with Crippen molar-refractivity contribution in [2.75, 3.05) is 6.61 Å². The molecule has 2 N–H and O–H groups in total. The van der Waals surface area contributed by atoms with Gasteiger partial charge in [0.25, 0.3) is 0 Å². The largest absolute Gasteiger partial charge is 0.492 e. The number of aliphatic hydroxyl groups is 1. The van der Waals surface area contributed by atoms with E-state index in [2.05, 4.69) is 16.6 Å². The Kier molecular flexibility index (Phi) is 5.88. The van der Waals surface area contributed by atoms with Gasteiger partial charge in [0.05, 0.1) is 19.3 Å². The fourth-order valence-corrected chi connectivity index (χ4v) is 3.51. The van der Waals surface area contributed by atoms with Crippen molar-refractivity contribution in [1.82, 2.24) is 5.32 Å². The summed E-state index contributed by atoms with van der Waals surface area (Å²) in [5.41, 5.74) is 3.90. The molecular weight excluding hydrogens is 380 g/mol. The summed E-state index contributed by atoms with van der Waals surface area (Å²) in [5, 5.41) is 12.8. The van der Waals surface area contributed by atoms with Crippen molar-refractivity contribution in [3.8, 4) is 22.6 Å². The number of hydrogen-bond acceptors (Lipinski definition) is 4. The van der Waals surface area contributed by atoms with Crippen LogP contribution in [0.1, 0.15) is 36.6 Å². The van der Waals surface area contributed by atoms with Gasteiger partial charge in [-0.15, -0.1) is 0 Å². The van der Waals surface area contributed by atoms with Gasteiger partial charge in [-0.3, -0.25) is 4.79 Å². The third-order valence-electron chi connectivity index (χ3n) is 4.76. The van der Waals surface area contributed by atoms with Crippen LogP contribution in [0.4, 0.5) is 8.78 Å². The number of alkyl halides is 2. The molecule has 2 aromatic rings. The van der Waals surface area contributed by atoms with Gasteiger partial charge in [-0.25, -0.2) is 0 Å². The first kappa shape index (κ1) is 20.8. The van der Waals surface area contributed by atoms with E-state index < -0.39 is 6.11 Å². The topological polar surface area (TPSA) is 67.8 Å². The van der Waals surface area contributed by atoms with Crippen LogP contribution >= 0.6 is 0 Å². The summed E-state index contributed by atoms with van der Waals surface area (Å²) in [6, 6.07) is 7.77. The number of nitrogens with one attached hydrogen (secondary N) is 1. The lowest BCUT2D eigenvalue weighted by atomic mass is 9.90. The van der Waals surface area contributed by atoms with Crippen LogP contribution in [0.2, 0.25) is 0 Å². The molecule has 0 saturated carbocycles. The monoisotopic (exact) mass is 403 g/mol. The Hall–Kier alpha value is -2.93. The second kappa shape index (κ2) is 8.21. The van der Waals surface area contributed by atoms with E-state index in [4.69, 9.17) is 4.74 Å². The standard InChI is InChI=1S/C22H23F2NO4/c1-4-20(27)25-13(2)17-11-18(21-16(9-10-28-21)19(17)12-26)14-5-7-15(8-6-14)29-22(3,23)24/h4-8,11,13,26H,1,9-10,12H2,2-3H3,(H,25,27)/t13-/m1/s1. The number of rotatable bonds is 7. The molecule has 0 saturated heterocycles. The zero-order valence-corrected chi connectivity index (χ0v) is 16.3. The Morgan fingerprint density at radius 3 is 2.69 bits per heavy atom. The highest BCUT2D eigenvalue weighted by atomic mass is 19.3. The average Bonchev–Trinajstić information content (AvgIpc) is 3.15. The minimum atomic E-state index is -3.26. The van der Waals surface area contributed by atoms with Crippen LogP contribution in [0.5, 0.6) is 11.5 Å². The van der Waals surface area contributed by atoms with Crippen molar-refractivity contribution in [1.29, 1.82) is 0 Å². The van der Waals surface area contributed by atoms with Crippen LogP contribution in [0.15, 0.2) is 43.0 Å². The van der Waals surface area contributed by atoms with E-state index in [1.165, 1.54) is 18.2 Å². The van der Waals surface area contributed by atoms with Crippen LogP contribution in [0.25, 0.3) is 11.1 Å². The number of halogens is 2. The molecule has 1 heterocycles. The van der Waals surface area contributed by atoms with Gasteiger partial charge < -0.3 is 19.9 Å². The first-order chi connectivity index (χ1) is 13.7. The Morgan fingerprint density at radius 1 is 1.41 bits per heavy atom. The second-order valence-corrected chi connectivity index (χ2v) is 6.92. The lowest BCUT2D eigenvalue weighted by Gasteiger charge is -2.21. The molecule has 0 fully saturated rings. The second-order valence-electron chi connectivity index (χ2n) is 6.92. The fraction of sp³-hybridized carbons (Fsp3) is 0.318. The molecule has 0 unspecified atom stereocenters. The maximum Gasteiger partial charge on any atom is 0.394 e. The molecule has 29 heavy (non-hydrogen) atoms. The number of amides is 1. The normalized spacial score (nSPS) is 14.0. The van der Waals surface area contributed by atoms with Gasteiger partial charge in [0, 0.05) is 24.5 Å². The molecule has 7 heteroatoms. The molecule has 0 spiro atoms. The van der Waals surface area contributed by atoms with Crippen LogP contribution < -0.4 is 14.8 Å². The first-order valence-electron chi connectivity index (χ1n) is 9.26. The summed E-state index contributed by atoms with van der Waals surface area (Å²) in [6.45, 7) is 6.26. The van der Waals surface area contributed by atoms with Crippen molar-refractivity contribution in [3.05, 3.63) is 59.7 Å². The summed E-state index contributed by atoms with van der Waals surface area (Å²) < 4.78 is 36.5. The van der Waals surface area contributed by atoms with Crippen LogP contribution in [-0.4, -0.2) is 23.7 Å². The number of carbonyl (C=O) groups is 1. The maximum atomic E-state index is 13.1. The molecule has 2 aromatic carbocycles. The highest BCUT2D eigenvalue weighted by Crippen LogP contribution is 2.42. The Bertz CT molecular complexity index is 920. The predicted octanol–water partition coefficient (Wildman–Crippen LogP) is 4.14. The molecule has 0 aliphatic carbocycles. The minimum Gasteiger partial charge on any atom is -0.492 e. The van der Waals surface area contributed by atoms with E-state index in [1.54, 1.807) is 12.1 Å². The first-order valence-corrected chi connectivity index (χ1v) is 9.26. The predicted molar refractivity (Wildman–Crippen MR) is 105 cm³/mol. The molecule has 1 aliphatic heterocycles. The quantitative estimate of drug-likeness (QED) is 0.682. The molecule has 0 bridgehead atoms. The molecule has 1 atom stereocenters. The van der Waals surface area contributed by atoms with Crippen LogP contribution in [0, 0.1) is 0 Å². The van der Waals surface area contributed by atoms with E-state index in [1.807, 2.05) is 13.0 Å². The molecule has 3 rings (SSSR count). The lowest BCUT2D eigenvalue weighted by molar-refractivity contribution is -0.158. The van der Waals surface area contributed by atoms with Gasteiger partial charge in [0.1, 0.15) is 11.5 Å². The SMILES string of the molecule is C=CC(=O)N[C@H](C)c1cc(-c2ccc(OC(C)(F)F)cc2)c2c(c1CO)CCO2. The van der Waals surface area contributed by atoms with E-state index >= 15 is 0 Å². The van der Waals surface area contributed by atoms with Crippen molar-refractivity contribution in [2.24, 2.45) is 0 Å². The van der Waals surface area contributed by atoms with Gasteiger partial charge in [-0.2, -0.15) is 8.78 Å². The van der Waals surface area contributed by atoms with E-state index in [0.29, 0.717) is 25.7 Å². The van der Waals surface area contributed by atoms with E-state index in [0.717, 1.165) is 27.8 Å². The van der Waals surface area contributed by atoms with E-state index in [9.17, 15) is 18.7 Å². The zero-order valence-electron chi connectivity index (χ0n) is 16.3. The molecule has 0 radical (unpaired) electrons. The van der Waals surface area contributed by atoms with Gasteiger partial charge >= 0.3 is 6.11 Å². The van der Waals surface area contributed by atoms with Crippen molar-refractivity contribution < 1.29 is 28.2 Å². The van der Waals surface area contributed by atoms with Crippen molar-refractivity contribution in [2.45, 2.75) is 39.0 Å². The Balaban J connectivity index is 2.05. The minimum absolute atomic E-state index is 0.0534. The van der Waals surface area contributed by atoms with Gasteiger partial charge in [0.2, 0.25) is 5.91 Å². The number of ether oxygens (including phenoxy) is 2. The summed E-state index contributed by atoms with van der Waals surface area (Å²) in [4.78, 5) is 11.7. The van der Waals surface area contributed by atoms with Gasteiger partial charge in [-0.1, -0.05) is 18.7 Å². The molecule has 0 aromatic heterocycles. The summed E-state index contributed by atoms with van der Waals surface area (Å²) in [7, 11) is 0. The summed E-state index contributed by atoms with van der Waals surface area (Å²) in [5.74, 6) is 0.397. The number of hydrogen-bond donors (Lipinski definition) is 2. The third-order valence-corrected chi connectivity index (χ3v) is 4.76. The Morgan fingerprint density at radius 2 is 2.10 bits per heavy atom. The van der Waals surface area contributed by atoms with Crippen molar-refractivity contribution in [3.63, 3.8) is 0 Å². The number of carbonyl (C=O) groups excluding carboxylic acids is 1. The number of benzene rings is 2. The highest BCUT2D eigenvalue weighted by Gasteiger charge is 2.27. The molecule has 5 nitrogen and oxygen atoms in total. The van der Waals surface area contributed by atoms with Crippen LogP contribution in [0.3, 0.4) is 0 Å². The van der Waals surface area contributed by atoms with Gasteiger partial charge in [0.15, 0.2) is 0 Å². The fourth-order valence-electron chi connectivity index (χ4n) is 3.51. The average molecular weight is 403 g/mol. The van der Waals surface area contributed by atoms with Gasteiger partial charge in [-0.05, 0) is 47.9 Å².